The van der Waals surface area contributed by atoms with Crippen molar-refractivity contribution in [1.29, 1.82) is 0 Å². The van der Waals surface area contributed by atoms with Crippen LogP contribution in [0.25, 0.3) is 0 Å². The highest BCUT2D eigenvalue weighted by molar-refractivity contribution is 6.07. The van der Waals surface area contributed by atoms with E-state index in [0.717, 1.165) is 19.3 Å². The molecule has 2 saturated carbocycles. The highest BCUT2D eigenvalue weighted by Crippen LogP contribution is 2.56. The van der Waals surface area contributed by atoms with Crippen LogP contribution in [0.5, 0.6) is 0 Å². The maximum atomic E-state index is 13.4. The lowest BCUT2D eigenvalue weighted by atomic mass is 9.76. The van der Waals surface area contributed by atoms with Gasteiger partial charge in [0.2, 0.25) is 11.8 Å². The molecule has 0 aromatic heterocycles. The zero-order chi connectivity index (χ0) is 19.8. The van der Waals surface area contributed by atoms with Crippen LogP contribution < -0.4 is 0 Å². The Hall–Kier alpha value is -2.22. The van der Waals surface area contributed by atoms with Crippen LogP contribution in [0.15, 0.2) is 12.2 Å². The van der Waals surface area contributed by atoms with E-state index < -0.39 is 41.8 Å². The van der Waals surface area contributed by atoms with E-state index in [1.165, 1.54) is 25.2 Å². The summed E-state index contributed by atoms with van der Waals surface area (Å²) in [7, 11) is 0. The van der Waals surface area contributed by atoms with Crippen molar-refractivity contribution in [2.24, 2.45) is 23.7 Å². The second-order valence-electron chi connectivity index (χ2n) is 8.64. The zero-order valence-electron chi connectivity index (χ0n) is 15.8. The Morgan fingerprint density at radius 2 is 1.86 bits per heavy atom. The predicted molar refractivity (Wildman–Crippen MR) is 92.1 cm³/mol. The number of carbonyl (C=O) groups excluding carboxylic acids is 4. The number of amides is 2. The first-order valence-corrected chi connectivity index (χ1v) is 9.90. The summed E-state index contributed by atoms with van der Waals surface area (Å²) in [6.45, 7) is 2.39. The summed E-state index contributed by atoms with van der Waals surface area (Å²) in [4.78, 5) is 51.3. The Morgan fingerprint density at radius 1 is 1.14 bits per heavy atom. The maximum Gasteiger partial charge on any atom is 0.305 e. The van der Waals surface area contributed by atoms with Crippen molar-refractivity contribution in [3.8, 4) is 0 Å². The number of rotatable bonds is 4. The van der Waals surface area contributed by atoms with E-state index in [4.69, 9.17) is 14.2 Å². The monoisotopic (exact) mass is 389 g/mol. The van der Waals surface area contributed by atoms with Crippen LogP contribution in [0.2, 0.25) is 0 Å². The Morgan fingerprint density at radius 3 is 2.43 bits per heavy atom. The number of fused-ring (bicyclic) bond motifs is 7. The molecule has 0 N–H and O–H groups in total. The first-order valence-electron chi connectivity index (χ1n) is 9.90. The van der Waals surface area contributed by atoms with Gasteiger partial charge in [0.15, 0.2) is 5.60 Å². The third kappa shape index (κ3) is 2.27. The van der Waals surface area contributed by atoms with E-state index in [1.54, 1.807) is 12.2 Å². The zero-order valence-corrected chi connectivity index (χ0v) is 15.8. The molecule has 28 heavy (non-hydrogen) atoms. The number of carbonyl (C=O) groups is 4. The number of hydrogen-bond donors (Lipinski definition) is 0. The minimum Gasteiger partial charge on any atom is -0.422 e. The molecule has 150 valence electrons. The molecule has 0 radical (unpaired) electrons. The average Bonchev–Trinajstić information content (AvgIpc) is 3.40. The fourth-order valence-corrected chi connectivity index (χ4v) is 6.09. The van der Waals surface area contributed by atoms with Gasteiger partial charge in [-0.3, -0.25) is 24.1 Å². The molecule has 0 aromatic rings. The highest BCUT2D eigenvalue weighted by Gasteiger charge is 2.73. The van der Waals surface area contributed by atoms with Gasteiger partial charge in [-0.05, 0) is 37.2 Å². The lowest BCUT2D eigenvalue weighted by Gasteiger charge is -2.36. The normalized spacial score (nSPS) is 42.6. The van der Waals surface area contributed by atoms with Crippen LogP contribution in [-0.2, 0) is 33.4 Å². The van der Waals surface area contributed by atoms with Gasteiger partial charge < -0.3 is 14.2 Å². The van der Waals surface area contributed by atoms with E-state index >= 15 is 0 Å². The molecular formula is C20H23NO7. The molecule has 8 heteroatoms. The van der Waals surface area contributed by atoms with E-state index in [1.807, 2.05) is 0 Å². The van der Waals surface area contributed by atoms with Gasteiger partial charge in [0, 0.05) is 19.9 Å². The topological polar surface area (TPSA) is 99.2 Å². The lowest BCUT2D eigenvalue weighted by Crippen LogP contribution is -2.53. The summed E-state index contributed by atoms with van der Waals surface area (Å²) in [6, 6.07) is -0.0540. The highest BCUT2D eigenvalue weighted by atomic mass is 16.7. The van der Waals surface area contributed by atoms with Crippen LogP contribution in [0.3, 0.4) is 0 Å². The van der Waals surface area contributed by atoms with Crippen LogP contribution in [0, 0.1) is 23.7 Å². The molecule has 3 aliphatic heterocycles. The molecule has 5 rings (SSSR count). The quantitative estimate of drug-likeness (QED) is 0.305. The molecule has 4 fully saturated rings. The molecule has 0 spiro atoms. The number of esters is 2. The molecule has 0 aromatic carbocycles. The minimum absolute atomic E-state index is 0.0540. The van der Waals surface area contributed by atoms with Crippen LogP contribution >= 0.6 is 0 Å². The summed E-state index contributed by atoms with van der Waals surface area (Å²) < 4.78 is 16.4. The molecule has 2 saturated heterocycles. The predicted octanol–water partition coefficient (Wildman–Crippen LogP) is 0.936. The average molecular weight is 389 g/mol. The number of ether oxygens (including phenoxy) is 3. The van der Waals surface area contributed by atoms with Gasteiger partial charge in [0.1, 0.15) is 0 Å². The Kier molecular flexibility index (Phi) is 3.75. The second-order valence-corrected chi connectivity index (χ2v) is 8.64. The summed E-state index contributed by atoms with van der Waals surface area (Å²) >= 11 is 0. The van der Waals surface area contributed by atoms with Gasteiger partial charge in [0.25, 0.3) is 6.29 Å². The second kappa shape index (κ2) is 5.89. The number of imide groups is 1. The SMILES string of the molecule is CC(=O)OC(OC(C)=O)C12C=CC(O1)C1C(=O)N(C3CC4CCC3C4)C(=O)C12. The molecular weight excluding hydrogens is 366 g/mol. The van der Waals surface area contributed by atoms with E-state index in [0.29, 0.717) is 11.8 Å². The van der Waals surface area contributed by atoms with Gasteiger partial charge in [-0.2, -0.15) is 0 Å². The van der Waals surface area contributed by atoms with Crippen LogP contribution in [-0.4, -0.2) is 52.7 Å². The molecule has 5 aliphatic rings. The summed E-state index contributed by atoms with van der Waals surface area (Å²) in [5.41, 5.74) is -1.45. The molecule has 3 heterocycles. The van der Waals surface area contributed by atoms with E-state index in [-0.39, 0.29) is 17.9 Å². The Balaban J connectivity index is 1.49. The fourth-order valence-electron chi connectivity index (χ4n) is 6.09. The number of hydrogen-bond acceptors (Lipinski definition) is 7. The number of likely N-dealkylation sites (tertiary alicyclic amines) is 1. The standard InChI is InChI=1S/C20H23NO7/c1-9(22)26-19(27-10(2)23)20-6-5-14(28-20)15-16(20)18(25)21(17(15)24)13-8-11-3-4-12(13)7-11/h5-6,11-16,19H,3-4,7-8H2,1-2H3. The molecule has 7 unspecified atom stereocenters. The molecule has 7 atom stereocenters. The molecule has 2 aliphatic carbocycles. The first-order chi connectivity index (χ1) is 13.3. The summed E-state index contributed by atoms with van der Waals surface area (Å²) in [6.07, 6.45) is 5.49. The van der Waals surface area contributed by atoms with Crippen molar-refractivity contribution in [3.05, 3.63) is 12.2 Å². The summed E-state index contributed by atoms with van der Waals surface area (Å²) in [5, 5.41) is 0. The minimum atomic E-state index is -1.45. The summed E-state index contributed by atoms with van der Waals surface area (Å²) in [5.74, 6) is -2.39. The van der Waals surface area contributed by atoms with Crippen molar-refractivity contribution >= 4 is 23.8 Å². The molecule has 2 amide bonds. The van der Waals surface area contributed by atoms with E-state index in [9.17, 15) is 19.2 Å². The van der Waals surface area contributed by atoms with Gasteiger partial charge in [-0.1, -0.05) is 12.5 Å². The third-order valence-electron chi connectivity index (χ3n) is 7.06. The number of nitrogens with zero attached hydrogens (tertiary/aromatic N) is 1. The molecule has 8 nitrogen and oxygen atoms in total. The van der Waals surface area contributed by atoms with Crippen LogP contribution in [0.1, 0.15) is 39.5 Å². The van der Waals surface area contributed by atoms with Crippen molar-refractivity contribution in [1.82, 2.24) is 4.90 Å². The maximum absolute atomic E-state index is 13.4. The third-order valence-corrected chi connectivity index (χ3v) is 7.06. The van der Waals surface area contributed by atoms with Crippen molar-refractivity contribution < 1.29 is 33.4 Å². The van der Waals surface area contributed by atoms with Crippen molar-refractivity contribution in [2.75, 3.05) is 0 Å². The van der Waals surface area contributed by atoms with Crippen molar-refractivity contribution in [2.45, 2.75) is 63.6 Å². The van der Waals surface area contributed by atoms with Gasteiger partial charge in [0.05, 0.1) is 17.9 Å². The van der Waals surface area contributed by atoms with Gasteiger partial charge in [-0.15, -0.1) is 0 Å². The smallest absolute Gasteiger partial charge is 0.305 e. The van der Waals surface area contributed by atoms with E-state index in [2.05, 4.69) is 0 Å². The first kappa shape index (κ1) is 17.8. The Labute approximate surface area is 162 Å². The Bertz CT molecular complexity index is 790. The molecule has 4 bridgehead atoms. The van der Waals surface area contributed by atoms with Gasteiger partial charge >= 0.3 is 11.9 Å². The van der Waals surface area contributed by atoms with Crippen LogP contribution in [0.4, 0.5) is 0 Å². The van der Waals surface area contributed by atoms with Gasteiger partial charge in [-0.25, -0.2) is 0 Å². The van der Waals surface area contributed by atoms with Crippen molar-refractivity contribution in [3.63, 3.8) is 0 Å². The largest absolute Gasteiger partial charge is 0.422 e. The lowest BCUT2D eigenvalue weighted by molar-refractivity contribution is -0.227. The fraction of sp³-hybridized carbons (Fsp3) is 0.700.